The summed E-state index contributed by atoms with van der Waals surface area (Å²) >= 11 is 0. The van der Waals surface area contributed by atoms with E-state index in [-0.39, 0.29) is 0 Å². The monoisotopic (exact) mass is 155 g/mol. The van der Waals surface area contributed by atoms with E-state index in [9.17, 15) is 0 Å². The van der Waals surface area contributed by atoms with Gasteiger partial charge in [-0.1, -0.05) is 6.42 Å². The highest BCUT2D eigenvalue weighted by atomic mass is 16.5. The van der Waals surface area contributed by atoms with Crippen LogP contribution in [0.4, 0.5) is 0 Å². The molecule has 0 aromatic heterocycles. The summed E-state index contributed by atoms with van der Waals surface area (Å²) in [6.07, 6.45) is 4.63. The minimum Gasteiger partial charge on any atom is -0.381 e. The molecule has 1 saturated carbocycles. The molecule has 1 aliphatic carbocycles. The molecular weight excluding hydrogens is 138 g/mol. The zero-order chi connectivity index (χ0) is 7.68. The van der Waals surface area contributed by atoms with Crippen LogP contribution in [0.3, 0.4) is 0 Å². The number of ether oxygens (including phenoxy) is 1. The fourth-order valence-electron chi connectivity index (χ4n) is 2.40. The van der Waals surface area contributed by atoms with Crippen molar-refractivity contribution in [3.05, 3.63) is 0 Å². The summed E-state index contributed by atoms with van der Waals surface area (Å²) in [5, 5.41) is 3.33. The normalized spacial score (nSPS) is 39.0. The van der Waals surface area contributed by atoms with Gasteiger partial charge in [0.15, 0.2) is 0 Å². The fourth-order valence-corrected chi connectivity index (χ4v) is 2.40. The molecule has 2 nitrogen and oxygen atoms in total. The molecule has 2 aliphatic rings. The smallest absolute Gasteiger partial charge is 0.0603 e. The summed E-state index contributed by atoms with van der Waals surface area (Å²) in [7, 11) is 1.86. The predicted octanol–water partition coefficient (Wildman–Crippen LogP) is 1.02. The summed E-state index contributed by atoms with van der Waals surface area (Å²) in [6, 6.07) is 0. The van der Waals surface area contributed by atoms with Gasteiger partial charge in [-0.05, 0) is 37.8 Å². The van der Waals surface area contributed by atoms with Crippen LogP contribution in [0.2, 0.25) is 0 Å². The molecular formula is C9H17NO. The first kappa shape index (κ1) is 7.56. The Balaban J connectivity index is 1.89. The van der Waals surface area contributed by atoms with Gasteiger partial charge in [0.05, 0.1) is 6.10 Å². The quantitative estimate of drug-likeness (QED) is 0.643. The van der Waals surface area contributed by atoms with Crippen LogP contribution in [-0.2, 0) is 4.74 Å². The van der Waals surface area contributed by atoms with Crippen molar-refractivity contribution in [2.45, 2.75) is 25.4 Å². The molecule has 2 heteroatoms. The highest BCUT2D eigenvalue weighted by molar-refractivity contribution is 4.89. The highest BCUT2D eigenvalue weighted by Gasteiger charge is 2.36. The lowest BCUT2D eigenvalue weighted by molar-refractivity contribution is 0.0349. The largest absolute Gasteiger partial charge is 0.381 e. The van der Waals surface area contributed by atoms with E-state index in [1.54, 1.807) is 0 Å². The van der Waals surface area contributed by atoms with Crippen LogP contribution in [-0.4, -0.2) is 26.3 Å². The summed E-state index contributed by atoms with van der Waals surface area (Å²) in [5.41, 5.74) is 0. The molecule has 2 atom stereocenters. The first-order valence-corrected chi connectivity index (χ1v) is 4.65. The lowest BCUT2D eigenvalue weighted by atomic mass is 9.85. The third-order valence-electron chi connectivity index (χ3n) is 3.22. The predicted molar refractivity (Wildman–Crippen MR) is 44.5 cm³/mol. The van der Waals surface area contributed by atoms with Crippen LogP contribution >= 0.6 is 0 Å². The summed E-state index contributed by atoms with van der Waals surface area (Å²) in [4.78, 5) is 0. The zero-order valence-corrected chi connectivity index (χ0v) is 7.18. The van der Waals surface area contributed by atoms with E-state index in [0.717, 1.165) is 11.8 Å². The van der Waals surface area contributed by atoms with E-state index >= 15 is 0 Å². The summed E-state index contributed by atoms with van der Waals surface area (Å²) in [5.74, 6) is 1.78. The lowest BCUT2D eigenvalue weighted by Crippen LogP contribution is -2.48. The van der Waals surface area contributed by atoms with E-state index in [2.05, 4.69) is 5.32 Å². The van der Waals surface area contributed by atoms with Gasteiger partial charge in [-0.25, -0.2) is 0 Å². The van der Waals surface area contributed by atoms with Crippen LogP contribution < -0.4 is 5.32 Å². The Morgan fingerprint density at radius 2 is 2.09 bits per heavy atom. The van der Waals surface area contributed by atoms with Gasteiger partial charge >= 0.3 is 0 Å². The molecule has 1 heterocycles. The van der Waals surface area contributed by atoms with Gasteiger partial charge in [-0.3, -0.25) is 0 Å². The number of nitrogens with one attached hydrogen (secondary N) is 1. The topological polar surface area (TPSA) is 21.3 Å². The molecule has 1 aliphatic heterocycles. The molecule has 0 amide bonds. The highest BCUT2D eigenvalue weighted by Crippen LogP contribution is 2.35. The Morgan fingerprint density at radius 1 is 1.27 bits per heavy atom. The van der Waals surface area contributed by atoms with Crippen molar-refractivity contribution < 1.29 is 4.74 Å². The van der Waals surface area contributed by atoms with Gasteiger partial charge in [0.2, 0.25) is 0 Å². The second-order valence-electron chi connectivity index (χ2n) is 3.79. The van der Waals surface area contributed by atoms with Crippen molar-refractivity contribution >= 4 is 0 Å². The van der Waals surface area contributed by atoms with E-state index in [4.69, 9.17) is 4.74 Å². The molecule has 0 spiro atoms. The third kappa shape index (κ3) is 1.30. The number of methoxy groups -OCH3 is 1. The van der Waals surface area contributed by atoms with E-state index < -0.39 is 0 Å². The molecule has 11 heavy (non-hydrogen) atoms. The lowest BCUT2D eigenvalue weighted by Gasteiger charge is -2.35. The van der Waals surface area contributed by atoms with E-state index in [0.29, 0.717) is 6.10 Å². The zero-order valence-electron chi connectivity index (χ0n) is 7.18. The van der Waals surface area contributed by atoms with Gasteiger partial charge in [0.1, 0.15) is 0 Å². The minimum atomic E-state index is 0.571. The Bertz CT molecular complexity index is 134. The summed E-state index contributed by atoms with van der Waals surface area (Å²) < 4.78 is 5.45. The second-order valence-corrected chi connectivity index (χ2v) is 3.79. The van der Waals surface area contributed by atoms with Crippen molar-refractivity contribution in [2.24, 2.45) is 11.8 Å². The van der Waals surface area contributed by atoms with Crippen molar-refractivity contribution in [1.82, 2.24) is 5.32 Å². The van der Waals surface area contributed by atoms with Crippen molar-refractivity contribution in [3.8, 4) is 0 Å². The first-order chi connectivity index (χ1) is 5.42. The van der Waals surface area contributed by atoms with Gasteiger partial charge in [0.25, 0.3) is 0 Å². The Labute approximate surface area is 68.3 Å². The van der Waals surface area contributed by atoms with Gasteiger partial charge in [-0.2, -0.15) is 0 Å². The Morgan fingerprint density at radius 3 is 2.64 bits per heavy atom. The third-order valence-corrected chi connectivity index (χ3v) is 3.22. The number of hydrogen-bond acceptors (Lipinski definition) is 2. The van der Waals surface area contributed by atoms with Crippen molar-refractivity contribution in [1.29, 1.82) is 0 Å². The van der Waals surface area contributed by atoms with Crippen LogP contribution in [0.15, 0.2) is 0 Å². The Kier molecular flexibility index (Phi) is 2.14. The van der Waals surface area contributed by atoms with Crippen LogP contribution in [0.1, 0.15) is 19.3 Å². The molecule has 2 fully saturated rings. The number of hydrogen-bond donors (Lipinski definition) is 1. The van der Waals surface area contributed by atoms with Gasteiger partial charge < -0.3 is 10.1 Å². The maximum absolute atomic E-state index is 5.45. The molecule has 0 bridgehead atoms. The minimum absolute atomic E-state index is 0.571. The summed E-state index contributed by atoms with van der Waals surface area (Å²) in [6.45, 7) is 2.45. The van der Waals surface area contributed by atoms with Crippen LogP contribution in [0.5, 0.6) is 0 Å². The molecule has 2 rings (SSSR count). The maximum Gasteiger partial charge on any atom is 0.0603 e. The van der Waals surface area contributed by atoms with Gasteiger partial charge in [0, 0.05) is 7.11 Å². The SMILES string of the molecule is COC1CCCC1C1CNC1. The molecule has 1 N–H and O–H groups in total. The second kappa shape index (κ2) is 3.11. The molecule has 2 unspecified atom stereocenters. The molecule has 64 valence electrons. The van der Waals surface area contributed by atoms with Crippen LogP contribution in [0, 0.1) is 11.8 Å². The Hall–Kier alpha value is -0.0800. The van der Waals surface area contributed by atoms with Gasteiger partial charge in [-0.15, -0.1) is 0 Å². The van der Waals surface area contributed by atoms with Crippen molar-refractivity contribution in [2.75, 3.05) is 20.2 Å². The first-order valence-electron chi connectivity index (χ1n) is 4.65. The maximum atomic E-state index is 5.45. The van der Waals surface area contributed by atoms with Crippen molar-refractivity contribution in [3.63, 3.8) is 0 Å². The molecule has 0 radical (unpaired) electrons. The average Bonchev–Trinajstić information content (AvgIpc) is 2.32. The average molecular weight is 155 g/mol. The van der Waals surface area contributed by atoms with E-state index in [1.807, 2.05) is 7.11 Å². The molecule has 0 aromatic carbocycles. The molecule has 1 saturated heterocycles. The van der Waals surface area contributed by atoms with E-state index in [1.165, 1.54) is 32.4 Å². The number of rotatable bonds is 2. The fraction of sp³-hybridized carbons (Fsp3) is 1.00. The standard InChI is InChI=1S/C9H17NO/c1-11-9-4-2-3-8(9)7-5-10-6-7/h7-10H,2-6H2,1H3. The molecule has 0 aromatic rings. The van der Waals surface area contributed by atoms with Crippen LogP contribution in [0.25, 0.3) is 0 Å².